The number of rotatable bonds is 7. The van der Waals surface area contributed by atoms with Crippen molar-refractivity contribution in [1.29, 1.82) is 0 Å². The van der Waals surface area contributed by atoms with Crippen LogP contribution in [0.1, 0.15) is 41.7 Å². The Balaban J connectivity index is 1.13. The smallest absolute Gasteiger partial charge is 0.254 e. The van der Waals surface area contributed by atoms with E-state index in [1.165, 1.54) is 11.3 Å². The summed E-state index contributed by atoms with van der Waals surface area (Å²) < 4.78 is 11.4. The summed E-state index contributed by atoms with van der Waals surface area (Å²) in [5, 5.41) is 5.52. The number of carbonyl (C=O) groups excluding carboxylic acids is 3. The molecule has 1 aliphatic carbocycles. The van der Waals surface area contributed by atoms with Crippen molar-refractivity contribution in [3.8, 4) is 0 Å². The van der Waals surface area contributed by atoms with E-state index in [0.717, 1.165) is 12.8 Å². The van der Waals surface area contributed by atoms with Crippen molar-refractivity contribution in [2.45, 2.75) is 43.9 Å². The Morgan fingerprint density at radius 1 is 1.14 bits per heavy atom. The van der Waals surface area contributed by atoms with Crippen LogP contribution in [-0.4, -0.2) is 77.2 Å². The monoisotopic (exact) mass is 518 g/mol. The third kappa shape index (κ3) is 5.83. The number of carbonyl (C=O) groups is 3. The molecule has 1 aromatic heterocycles. The SMILES string of the molecule is O=C(CN(C(=O)c1ccc(Cl)cc1)C1CC1)Nc1nc(CC(=O)N2CCC3(CC2)OCCO3)cs1. The van der Waals surface area contributed by atoms with E-state index in [1.807, 2.05) is 4.90 Å². The number of benzene rings is 1. The maximum Gasteiger partial charge on any atom is 0.254 e. The van der Waals surface area contributed by atoms with Gasteiger partial charge in [-0.05, 0) is 37.1 Å². The van der Waals surface area contributed by atoms with Gasteiger partial charge in [0.15, 0.2) is 10.9 Å². The highest BCUT2D eigenvalue weighted by Crippen LogP contribution is 2.32. The van der Waals surface area contributed by atoms with Gasteiger partial charge < -0.3 is 24.6 Å². The molecule has 3 amide bonds. The summed E-state index contributed by atoms with van der Waals surface area (Å²) in [5.74, 6) is -1.03. The molecular weight excluding hydrogens is 492 g/mol. The summed E-state index contributed by atoms with van der Waals surface area (Å²) in [6, 6.07) is 6.72. The molecule has 11 heteroatoms. The molecule has 1 N–H and O–H groups in total. The zero-order valence-electron chi connectivity index (χ0n) is 19.2. The maximum absolute atomic E-state index is 12.9. The second-order valence-electron chi connectivity index (χ2n) is 9.03. The summed E-state index contributed by atoms with van der Waals surface area (Å²) in [7, 11) is 0. The molecule has 9 nitrogen and oxygen atoms in total. The van der Waals surface area contributed by atoms with E-state index in [9.17, 15) is 14.4 Å². The molecule has 2 aromatic rings. The van der Waals surface area contributed by atoms with Crippen LogP contribution >= 0.6 is 22.9 Å². The van der Waals surface area contributed by atoms with Crippen LogP contribution in [0.15, 0.2) is 29.6 Å². The van der Waals surface area contributed by atoms with Gasteiger partial charge in [-0.25, -0.2) is 4.98 Å². The van der Waals surface area contributed by atoms with E-state index in [2.05, 4.69) is 10.3 Å². The lowest BCUT2D eigenvalue weighted by Gasteiger charge is -2.37. The summed E-state index contributed by atoms with van der Waals surface area (Å²) in [6.07, 6.45) is 3.27. The van der Waals surface area contributed by atoms with Gasteiger partial charge in [0.05, 0.1) is 25.3 Å². The standard InChI is InChI=1S/C24H27ClN4O5S/c25-17-3-1-16(2-4-17)22(32)29(19-5-6-19)14-20(30)27-23-26-18(15-35-23)13-21(31)28-9-7-24(8-10-28)33-11-12-34-24/h1-4,15,19H,5-14H2,(H,26,27,30). The molecule has 0 atom stereocenters. The number of thiazole rings is 1. The average Bonchev–Trinajstić information content (AvgIpc) is 3.45. The van der Waals surface area contributed by atoms with E-state index >= 15 is 0 Å². The Kier molecular flexibility index (Phi) is 7.06. The summed E-state index contributed by atoms with van der Waals surface area (Å²) in [5.41, 5.74) is 1.11. The lowest BCUT2D eigenvalue weighted by molar-refractivity contribution is -0.187. The van der Waals surface area contributed by atoms with Crippen molar-refractivity contribution in [3.63, 3.8) is 0 Å². The summed E-state index contributed by atoms with van der Waals surface area (Å²) in [6.45, 7) is 2.33. The number of piperidine rings is 1. The Morgan fingerprint density at radius 2 is 1.83 bits per heavy atom. The summed E-state index contributed by atoms with van der Waals surface area (Å²) in [4.78, 5) is 46.1. The van der Waals surface area contributed by atoms with Crippen molar-refractivity contribution >= 4 is 45.8 Å². The number of nitrogens with zero attached hydrogens (tertiary/aromatic N) is 3. The van der Waals surface area contributed by atoms with Crippen LogP contribution in [-0.2, 0) is 25.5 Å². The van der Waals surface area contributed by atoms with Crippen LogP contribution in [0.25, 0.3) is 0 Å². The van der Waals surface area contributed by atoms with E-state index in [1.54, 1.807) is 34.5 Å². The number of aromatic nitrogens is 1. The van der Waals surface area contributed by atoms with Crippen molar-refractivity contribution in [2.75, 3.05) is 38.2 Å². The highest BCUT2D eigenvalue weighted by molar-refractivity contribution is 7.13. The highest BCUT2D eigenvalue weighted by atomic mass is 35.5. The topological polar surface area (TPSA) is 101 Å². The van der Waals surface area contributed by atoms with Crippen LogP contribution in [0.4, 0.5) is 5.13 Å². The minimum Gasteiger partial charge on any atom is -0.347 e. The number of ether oxygens (including phenoxy) is 2. The summed E-state index contributed by atoms with van der Waals surface area (Å²) >= 11 is 7.19. The first-order valence-electron chi connectivity index (χ1n) is 11.8. The van der Waals surface area contributed by atoms with Gasteiger partial charge in [-0.3, -0.25) is 14.4 Å². The number of hydrogen-bond donors (Lipinski definition) is 1. The maximum atomic E-state index is 12.9. The molecule has 0 unspecified atom stereocenters. The number of halogens is 1. The van der Waals surface area contributed by atoms with Crippen LogP contribution in [0, 0.1) is 0 Å². The third-order valence-corrected chi connectivity index (χ3v) is 7.53. The molecule has 3 fully saturated rings. The zero-order chi connectivity index (χ0) is 24.4. The third-order valence-electron chi connectivity index (χ3n) is 6.48. The van der Waals surface area contributed by atoms with Crippen LogP contribution in [0.2, 0.25) is 5.02 Å². The van der Waals surface area contributed by atoms with Crippen molar-refractivity contribution in [3.05, 3.63) is 45.9 Å². The van der Waals surface area contributed by atoms with E-state index < -0.39 is 5.79 Å². The van der Waals surface area contributed by atoms with Crippen molar-refractivity contribution in [2.24, 2.45) is 0 Å². The molecule has 1 saturated carbocycles. The van der Waals surface area contributed by atoms with Crippen molar-refractivity contribution < 1.29 is 23.9 Å². The quantitative estimate of drug-likeness (QED) is 0.605. The second kappa shape index (κ2) is 10.2. The van der Waals surface area contributed by atoms with Gasteiger partial charge in [-0.15, -0.1) is 11.3 Å². The minimum absolute atomic E-state index is 0.00510. The van der Waals surface area contributed by atoms with Gasteiger partial charge in [0, 0.05) is 47.9 Å². The van der Waals surface area contributed by atoms with Gasteiger partial charge >= 0.3 is 0 Å². The van der Waals surface area contributed by atoms with E-state index in [4.69, 9.17) is 21.1 Å². The normalized spacial score (nSPS) is 19.1. The Morgan fingerprint density at radius 3 is 2.49 bits per heavy atom. The largest absolute Gasteiger partial charge is 0.347 e. The number of nitrogens with one attached hydrogen (secondary N) is 1. The van der Waals surface area contributed by atoms with Gasteiger partial charge in [0.25, 0.3) is 5.91 Å². The first kappa shape index (κ1) is 24.2. The molecule has 5 rings (SSSR count). The van der Waals surface area contributed by atoms with Crippen LogP contribution in [0.3, 0.4) is 0 Å². The highest BCUT2D eigenvalue weighted by Gasteiger charge is 2.40. The molecular formula is C24H27ClN4O5S. The fourth-order valence-corrected chi connectivity index (χ4v) is 5.27. The minimum atomic E-state index is -0.516. The van der Waals surface area contributed by atoms with E-state index in [0.29, 0.717) is 60.6 Å². The zero-order valence-corrected chi connectivity index (χ0v) is 20.8. The molecule has 2 saturated heterocycles. The van der Waals surface area contributed by atoms with Gasteiger partial charge in [0.1, 0.15) is 6.54 Å². The number of likely N-dealkylation sites (tertiary alicyclic amines) is 1. The molecule has 3 aliphatic rings. The lowest BCUT2D eigenvalue weighted by Crippen LogP contribution is -2.47. The molecule has 1 aromatic carbocycles. The molecule has 3 heterocycles. The first-order chi connectivity index (χ1) is 16.9. The number of hydrogen-bond acceptors (Lipinski definition) is 7. The second-order valence-corrected chi connectivity index (χ2v) is 10.3. The number of anilines is 1. The van der Waals surface area contributed by atoms with Crippen LogP contribution < -0.4 is 5.32 Å². The van der Waals surface area contributed by atoms with Gasteiger partial charge in [-0.1, -0.05) is 11.6 Å². The predicted molar refractivity (Wildman–Crippen MR) is 130 cm³/mol. The molecule has 35 heavy (non-hydrogen) atoms. The molecule has 2 aliphatic heterocycles. The van der Waals surface area contributed by atoms with E-state index in [-0.39, 0.29) is 36.7 Å². The molecule has 0 radical (unpaired) electrons. The van der Waals surface area contributed by atoms with Crippen molar-refractivity contribution in [1.82, 2.24) is 14.8 Å². The Hall–Kier alpha value is -2.53. The number of amides is 3. The molecule has 1 spiro atoms. The lowest BCUT2D eigenvalue weighted by atomic mass is 10.0. The van der Waals surface area contributed by atoms with Gasteiger partial charge in [-0.2, -0.15) is 0 Å². The van der Waals surface area contributed by atoms with Crippen LogP contribution in [0.5, 0.6) is 0 Å². The first-order valence-corrected chi connectivity index (χ1v) is 13.0. The average molecular weight is 519 g/mol. The Labute approximate surface area is 212 Å². The molecule has 186 valence electrons. The predicted octanol–water partition coefficient (Wildman–Crippen LogP) is 2.95. The fourth-order valence-electron chi connectivity index (χ4n) is 4.42. The molecule has 0 bridgehead atoms. The Bertz CT molecular complexity index is 1090. The fraction of sp³-hybridized carbons (Fsp3) is 0.500. The van der Waals surface area contributed by atoms with Gasteiger partial charge in [0.2, 0.25) is 11.8 Å².